The summed E-state index contributed by atoms with van der Waals surface area (Å²) in [6.45, 7) is 2.70. The molecule has 0 radical (unpaired) electrons. The Morgan fingerprint density at radius 1 is 1.56 bits per heavy atom. The van der Waals surface area contributed by atoms with Gasteiger partial charge < -0.3 is 5.11 Å². The van der Waals surface area contributed by atoms with Crippen molar-refractivity contribution in [2.24, 2.45) is 0 Å². The minimum atomic E-state index is -0.779. The van der Waals surface area contributed by atoms with Gasteiger partial charge in [0.05, 0.1) is 0 Å². The van der Waals surface area contributed by atoms with Gasteiger partial charge in [-0.1, -0.05) is 22.0 Å². The molecule has 3 nitrogen and oxygen atoms in total. The van der Waals surface area contributed by atoms with Gasteiger partial charge in [-0.15, -0.1) is 0 Å². The summed E-state index contributed by atoms with van der Waals surface area (Å²) in [5.41, 5.74) is 0.995. The van der Waals surface area contributed by atoms with Crippen molar-refractivity contribution in [2.75, 3.05) is 13.6 Å². The first-order valence-corrected chi connectivity index (χ1v) is 6.58. The second-order valence-electron chi connectivity index (χ2n) is 4.32. The van der Waals surface area contributed by atoms with Crippen LogP contribution in [0.25, 0.3) is 0 Å². The SMILES string of the molecule is CC(c1ccc(F)cc1Br)N(C)CCCC(=O)O. The minimum Gasteiger partial charge on any atom is -0.481 e. The molecule has 1 unspecified atom stereocenters. The van der Waals surface area contributed by atoms with Gasteiger partial charge in [-0.05, 0) is 44.6 Å². The third-order valence-corrected chi connectivity index (χ3v) is 3.66. The molecule has 0 saturated carbocycles. The Balaban J connectivity index is 2.62. The molecule has 0 heterocycles. The van der Waals surface area contributed by atoms with Gasteiger partial charge in [0, 0.05) is 16.9 Å². The maximum Gasteiger partial charge on any atom is 0.303 e. The molecule has 0 aromatic heterocycles. The fourth-order valence-electron chi connectivity index (χ4n) is 1.75. The van der Waals surface area contributed by atoms with E-state index in [1.807, 2.05) is 14.0 Å². The van der Waals surface area contributed by atoms with Gasteiger partial charge in [-0.3, -0.25) is 9.69 Å². The normalized spacial score (nSPS) is 12.7. The van der Waals surface area contributed by atoms with Gasteiger partial charge >= 0.3 is 5.97 Å². The van der Waals surface area contributed by atoms with E-state index in [0.29, 0.717) is 13.0 Å². The van der Waals surface area contributed by atoms with Crippen LogP contribution in [0, 0.1) is 5.82 Å². The van der Waals surface area contributed by atoms with Gasteiger partial charge in [-0.2, -0.15) is 0 Å². The largest absolute Gasteiger partial charge is 0.481 e. The molecule has 1 aromatic rings. The van der Waals surface area contributed by atoms with Crippen LogP contribution in [-0.2, 0) is 4.79 Å². The van der Waals surface area contributed by atoms with Gasteiger partial charge in [0.2, 0.25) is 0 Å². The smallest absolute Gasteiger partial charge is 0.303 e. The number of rotatable bonds is 6. The number of halogens is 2. The summed E-state index contributed by atoms with van der Waals surface area (Å²) >= 11 is 3.35. The molecule has 18 heavy (non-hydrogen) atoms. The Morgan fingerprint density at radius 3 is 2.78 bits per heavy atom. The van der Waals surface area contributed by atoms with Gasteiger partial charge in [0.1, 0.15) is 5.82 Å². The van der Waals surface area contributed by atoms with Crippen LogP contribution in [0.5, 0.6) is 0 Å². The topological polar surface area (TPSA) is 40.5 Å². The van der Waals surface area contributed by atoms with E-state index in [4.69, 9.17) is 5.11 Å². The Morgan fingerprint density at radius 2 is 2.22 bits per heavy atom. The van der Waals surface area contributed by atoms with E-state index in [9.17, 15) is 9.18 Å². The predicted octanol–water partition coefficient (Wildman–Crippen LogP) is 3.45. The van der Waals surface area contributed by atoms with Crippen molar-refractivity contribution in [2.45, 2.75) is 25.8 Å². The summed E-state index contributed by atoms with van der Waals surface area (Å²) in [5, 5.41) is 8.59. The number of aliphatic carboxylic acids is 1. The van der Waals surface area contributed by atoms with Gasteiger partial charge in [0.15, 0.2) is 0 Å². The molecule has 0 aliphatic carbocycles. The number of benzene rings is 1. The second-order valence-corrected chi connectivity index (χ2v) is 5.17. The molecule has 1 aromatic carbocycles. The first-order chi connectivity index (χ1) is 8.41. The lowest BCUT2D eigenvalue weighted by Gasteiger charge is -2.25. The Bertz CT molecular complexity index is 425. The summed E-state index contributed by atoms with van der Waals surface area (Å²) in [6, 6.07) is 4.73. The molecule has 0 bridgehead atoms. The molecule has 0 fully saturated rings. The zero-order valence-electron chi connectivity index (χ0n) is 10.5. The van der Waals surface area contributed by atoms with E-state index >= 15 is 0 Å². The number of carbonyl (C=O) groups is 1. The van der Waals surface area contributed by atoms with Crippen LogP contribution in [0.1, 0.15) is 31.4 Å². The van der Waals surface area contributed by atoms with Gasteiger partial charge in [0.25, 0.3) is 0 Å². The van der Waals surface area contributed by atoms with Crippen LogP contribution in [0.3, 0.4) is 0 Å². The second kappa shape index (κ2) is 6.85. The standard InChI is InChI=1S/C13H17BrFNO2/c1-9(16(2)7-3-4-13(17)18)11-6-5-10(15)8-12(11)14/h5-6,8-9H,3-4,7H2,1-2H3,(H,17,18). The average Bonchev–Trinajstić information content (AvgIpc) is 2.27. The third kappa shape index (κ3) is 4.38. The van der Waals surface area contributed by atoms with Crippen molar-refractivity contribution >= 4 is 21.9 Å². The van der Waals surface area contributed by atoms with E-state index in [1.54, 1.807) is 6.07 Å². The minimum absolute atomic E-state index is 0.105. The highest BCUT2D eigenvalue weighted by Gasteiger charge is 2.14. The lowest BCUT2D eigenvalue weighted by atomic mass is 10.1. The summed E-state index contributed by atoms with van der Waals surface area (Å²) < 4.78 is 13.7. The summed E-state index contributed by atoms with van der Waals surface area (Å²) in [4.78, 5) is 12.5. The van der Waals surface area contributed by atoms with Crippen LogP contribution >= 0.6 is 15.9 Å². The van der Waals surface area contributed by atoms with E-state index in [0.717, 1.165) is 10.0 Å². The first-order valence-electron chi connectivity index (χ1n) is 5.78. The number of carboxylic acids is 1. The molecular weight excluding hydrogens is 301 g/mol. The summed E-state index contributed by atoms with van der Waals surface area (Å²) in [7, 11) is 1.93. The molecule has 1 atom stereocenters. The number of nitrogens with zero attached hydrogens (tertiary/aromatic N) is 1. The highest BCUT2D eigenvalue weighted by molar-refractivity contribution is 9.10. The Labute approximate surface area is 115 Å². The van der Waals surface area contributed by atoms with E-state index in [1.165, 1.54) is 12.1 Å². The molecule has 0 aliphatic rings. The average molecular weight is 318 g/mol. The molecule has 0 saturated heterocycles. The zero-order valence-corrected chi connectivity index (χ0v) is 12.1. The summed E-state index contributed by atoms with van der Waals surface area (Å²) in [5.74, 6) is -1.05. The quantitative estimate of drug-likeness (QED) is 0.873. The predicted molar refractivity (Wildman–Crippen MR) is 72.0 cm³/mol. The number of hydrogen-bond acceptors (Lipinski definition) is 2. The van der Waals surface area contributed by atoms with Crippen molar-refractivity contribution < 1.29 is 14.3 Å². The highest BCUT2D eigenvalue weighted by atomic mass is 79.9. The Kier molecular flexibility index (Phi) is 5.75. The van der Waals surface area contributed by atoms with Gasteiger partial charge in [-0.25, -0.2) is 4.39 Å². The van der Waals surface area contributed by atoms with E-state index < -0.39 is 5.97 Å². The fraction of sp³-hybridized carbons (Fsp3) is 0.462. The first kappa shape index (κ1) is 15.1. The molecule has 1 rings (SSSR count). The molecular formula is C13H17BrFNO2. The molecule has 0 amide bonds. The number of carboxylic acid groups (broad SMARTS) is 1. The lowest BCUT2D eigenvalue weighted by molar-refractivity contribution is -0.137. The maximum atomic E-state index is 13.0. The van der Waals surface area contributed by atoms with Crippen LogP contribution in [0.2, 0.25) is 0 Å². The molecule has 5 heteroatoms. The van der Waals surface area contributed by atoms with Crippen LogP contribution in [0.4, 0.5) is 4.39 Å². The van der Waals surface area contributed by atoms with Crippen LogP contribution in [0.15, 0.2) is 22.7 Å². The summed E-state index contributed by atoms with van der Waals surface area (Å²) in [6.07, 6.45) is 0.774. The maximum absolute atomic E-state index is 13.0. The molecule has 1 N–H and O–H groups in total. The van der Waals surface area contributed by atoms with Crippen molar-refractivity contribution in [3.05, 3.63) is 34.1 Å². The van der Waals surface area contributed by atoms with E-state index in [-0.39, 0.29) is 18.3 Å². The Hall–Kier alpha value is -0.940. The van der Waals surface area contributed by atoms with E-state index in [2.05, 4.69) is 20.8 Å². The van der Waals surface area contributed by atoms with Crippen molar-refractivity contribution in [1.29, 1.82) is 0 Å². The van der Waals surface area contributed by atoms with Crippen LogP contribution < -0.4 is 0 Å². The molecule has 0 aliphatic heterocycles. The van der Waals surface area contributed by atoms with Crippen molar-refractivity contribution in [1.82, 2.24) is 4.90 Å². The number of hydrogen-bond donors (Lipinski definition) is 1. The van der Waals surface area contributed by atoms with Crippen LogP contribution in [-0.4, -0.2) is 29.6 Å². The highest BCUT2D eigenvalue weighted by Crippen LogP contribution is 2.27. The zero-order chi connectivity index (χ0) is 13.7. The fourth-order valence-corrected chi connectivity index (χ4v) is 2.43. The lowest BCUT2D eigenvalue weighted by Crippen LogP contribution is -2.24. The monoisotopic (exact) mass is 317 g/mol. The van der Waals surface area contributed by atoms with Crippen molar-refractivity contribution in [3.8, 4) is 0 Å². The van der Waals surface area contributed by atoms with Crippen molar-refractivity contribution in [3.63, 3.8) is 0 Å². The third-order valence-electron chi connectivity index (χ3n) is 2.98. The molecule has 0 spiro atoms. The molecule has 100 valence electrons.